The highest BCUT2D eigenvalue weighted by Gasteiger charge is 2.34. The van der Waals surface area contributed by atoms with Gasteiger partial charge in [-0.2, -0.15) is 0 Å². The summed E-state index contributed by atoms with van der Waals surface area (Å²) in [6.45, 7) is 2.09. The molecule has 1 atom stereocenters. The van der Waals surface area contributed by atoms with Crippen LogP contribution in [0.1, 0.15) is 42.9 Å². The van der Waals surface area contributed by atoms with Crippen LogP contribution in [0.5, 0.6) is 0 Å². The topological polar surface area (TPSA) is 41.1 Å². The van der Waals surface area contributed by atoms with Crippen molar-refractivity contribution in [2.45, 2.75) is 44.7 Å². The lowest BCUT2D eigenvalue weighted by Gasteiger charge is -2.19. The maximum Gasteiger partial charge on any atom is 0.315 e. The number of benzene rings is 1. The zero-order valence-electron chi connectivity index (χ0n) is 10.8. The second-order valence-corrected chi connectivity index (χ2v) is 5.62. The van der Waals surface area contributed by atoms with Crippen molar-refractivity contribution in [2.24, 2.45) is 5.92 Å². The van der Waals surface area contributed by atoms with Crippen molar-refractivity contribution >= 4 is 6.03 Å². The number of rotatable bonds is 4. The fourth-order valence-corrected chi connectivity index (χ4v) is 2.27. The van der Waals surface area contributed by atoms with Gasteiger partial charge in [0.2, 0.25) is 0 Å². The molecule has 2 saturated carbocycles. The molecule has 2 fully saturated rings. The molecular formula is C15H20N2O. The quantitative estimate of drug-likeness (QED) is 0.840. The summed E-state index contributed by atoms with van der Waals surface area (Å²) in [6, 6.07) is 9.10. The van der Waals surface area contributed by atoms with Gasteiger partial charge in [-0.25, -0.2) is 4.79 Å². The molecule has 3 nitrogen and oxygen atoms in total. The lowest BCUT2D eigenvalue weighted by molar-refractivity contribution is 0.235. The van der Waals surface area contributed by atoms with Gasteiger partial charge in [0.15, 0.2) is 0 Å². The van der Waals surface area contributed by atoms with Crippen molar-refractivity contribution in [1.82, 2.24) is 10.6 Å². The summed E-state index contributed by atoms with van der Waals surface area (Å²) in [5, 5.41) is 6.13. The van der Waals surface area contributed by atoms with Crippen molar-refractivity contribution < 1.29 is 4.79 Å². The van der Waals surface area contributed by atoms with Gasteiger partial charge in [-0.3, -0.25) is 0 Å². The summed E-state index contributed by atoms with van der Waals surface area (Å²) in [6.07, 6.45) is 4.71. The Morgan fingerprint density at radius 2 is 1.83 bits per heavy atom. The Morgan fingerprint density at radius 1 is 1.17 bits per heavy atom. The van der Waals surface area contributed by atoms with E-state index in [0.717, 1.165) is 12.8 Å². The molecule has 0 unspecified atom stereocenters. The molecule has 0 radical (unpaired) electrons. The van der Waals surface area contributed by atoms with Crippen LogP contribution < -0.4 is 10.6 Å². The molecule has 3 heteroatoms. The van der Waals surface area contributed by atoms with Gasteiger partial charge in [0.05, 0.1) is 6.04 Å². The van der Waals surface area contributed by atoms with Crippen molar-refractivity contribution in [1.29, 1.82) is 0 Å². The predicted molar refractivity (Wildman–Crippen MR) is 71.3 cm³/mol. The fourth-order valence-electron chi connectivity index (χ4n) is 2.27. The van der Waals surface area contributed by atoms with Crippen LogP contribution in [0, 0.1) is 12.8 Å². The zero-order valence-corrected chi connectivity index (χ0v) is 10.8. The molecule has 1 aromatic carbocycles. The molecule has 0 bridgehead atoms. The molecule has 2 aliphatic rings. The summed E-state index contributed by atoms with van der Waals surface area (Å²) < 4.78 is 0. The second kappa shape index (κ2) is 4.63. The molecule has 2 aliphatic carbocycles. The summed E-state index contributed by atoms with van der Waals surface area (Å²) in [5.74, 6) is 0.623. The van der Waals surface area contributed by atoms with Crippen molar-refractivity contribution in [2.75, 3.05) is 0 Å². The summed E-state index contributed by atoms with van der Waals surface area (Å²) >= 11 is 0. The van der Waals surface area contributed by atoms with Gasteiger partial charge in [0.1, 0.15) is 0 Å². The Morgan fingerprint density at radius 3 is 2.39 bits per heavy atom. The van der Waals surface area contributed by atoms with Gasteiger partial charge in [0.25, 0.3) is 0 Å². The molecule has 0 aromatic heterocycles. The van der Waals surface area contributed by atoms with Crippen molar-refractivity contribution in [3.8, 4) is 0 Å². The molecule has 2 amide bonds. The highest BCUT2D eigenvalue weighted by molar-refractivity contribution is 5.75. The van der Waals surface area contributed by atoms with Crippen LogP contribution in [0.25, 0.3) is 0 Å². The van der Waals surface area contributed by atoms with E-state index in [1.165, 1.54) is 24.0 Å². The Kier molecular flexibility index (Phi) is 2.98. The first-order chi connectivity index (χ1) is 8.72. The third-order valence-corrected chi connectivity index (χ3v) is 3.73. The predicted octanol–water partition coefficient (Wildman–Crippen LogP) is 2.91. The minimum atomic E-state index is -0.00465. The second-order valence-electron chi connectivity index (χ2n) is 5.62. The van der Waals surface area contributed by atoms with Crippen LogP contribution in [0.3, 0.4) is 0 Å². The zero-order chi connectivity index (χ0) is 12.5. The Bertz CT molecular complexity index is 432. The molecule has 3 rings (SSSR count). The van der Waals surface area contributed by atoms with E-state index in [1.807, 2.05) is 0 Å². The third-order valence-electron chi connectivity index (χ3n) is 3.73. The van der Waals surface area contributed by atoms with E-state index >= 15 is 0 Å². The molecule has 1 aromatic rings. The molecule has 0 spiro atoms. The fraction of sp³-hybridized carbons (Fsp3) is 0.533. The summed E-state index contributed by atoms with van der Waals surface area (Å²) in [7, 11) is 0. The summed E-state index contributed by atoms with van der Waals surface area (Å²) in [4.78, 5) is 11.9. The maximum atomic E-state index is 11.9. The van der Waals surface area contributed by atoms with E-state index in [2.05, 4.69) is 41.8 Å². The number of urea groups is 1. The van der Waals surface area contributed by atoms with E-state index < -0.39 is 0 Å². The number of carbonyl (C=O) groups excluding carboxylic acids is 1. The van der Waals surface area contributed by atoms with Gasteiger partial charge in [0, 0.05) is 6.04 Å². The largest absolute Gasteiger partial charge is 0.335 e. The van der Waals surface area contributed by atoms with Crippen LogP contribution in [0.4, 0.5) is 4.79 Å². The number of hydrogen-bond acceptors (Lipinski definition) is 1. The van der Waals surface area contributed by atoms with Gasteiger partial charge in [-0.05, 0) is 44.1 Å². The van der Waals surface area contributed by atoms with E-state index in [1.54, 1.807) is 0 Å². The van der Waals surface area contributed by atoms with Crippen molar-refractivity contribution in [3.63, 3.8) is 0 Å². The number of hydrogen-bond donors (Lipinski definition) is 2. The minimum Gasteiger partial charge on any atom is -0.335 e. The molecule has 0 saturated heterocycles. The van der Waals surface area contributed by atoms with Crippen molar-refractivity contribution in [3.05, 3.63) is 35.4 Å². The lowest BCUT2D eigenvalue weighted by Crippen LogP contribution is -2.39. The Hall–Kier alpha value is -1.51. The lowest BCUT2D eigenvalue weighted by atomic mass is 10.0. The molecule has 0 aliphatic heterocycles. The van der Waals surface area contributed by atoms with Gasteiger partial charge in [-0.15, -0.1) is 0 Å². The van der Waals surface area contributed by atoms with Crippen LogP contribution >= 0.6 is 0 Å². The molecular weight excluding hydrogens is 224 g/mol. The van der Waals surface area contributed by atoms with Gasteiger partial charge in [-0.1, -0.05) is 29.8 Å². The average Bonchev–Trinajstić information content (AvgIpc) is 3.21. The van der Waals surface area contributed by atoms with Crippen LogP contribution in [0.2, 0.25) is 0 Å². The normalized spacial score (nSPS) is 20.3. The van der Waals surface area contributed by atoms with Gasteiger partial charge >= 0.3 is 6.03 Å². The van der Waals surface area contributed by atoms with E-state index in [0.29, 0.717) is 12.0 Å². The van der Waals surface area contributed by atoms with E-state index in [9.17, 15) is 4.79 Å². The molecule has 96 valence electrons. The van der Waals surface area contributed by atoms with Crippen LogP contribution in [0.15, 0.2) is 24.3 Å². The highest BCUT2D eigenvalue weighted by atomic mass is 16.2. The maximum absolute atomic E-state index is 11.9. The van der Waals surface area contributed by atoms with Gasteiger partial charge < -0.3 is 10.6 Å². The first kappa shape index (κ1) is 11.6. The Balaban J connectivity index is 1.67. The first-order valence-electron chi connectivity index (χ1n) is 6.86. The third kappa shape index (κ3) is 2.84. The molecule has 18 heavy (non-hydrogen) atoms. The SMILES string of the molecule is Cc1ccc([C@@H](NC(=O)NC2CC2)C2CC2)cc1. The van der Waals surface area contributed by atoms with E-state index in [4.69, 9.17) is 0 Å². The summed E-state index contributed by atoms with van der Waals surface area (Å²) in [5.41, 5.74) is 2.49. The van der Waals surface area contributed by atoms with Crippen LogP contribution in [-0.2, 0) is 0 Å². The average molecular weight is 244 g/mol. The highest BCUT2D eigenvalue weighted by Crippen LogP contribution is 2.41. The standard InChI is InChI=1S/C15H20N2O/c1-10-2-4-11(5-3-10)14(12-6-7-12)17-15(18)16-13-8-9-13/h2-5,12-14H,6-9H2,1H3,(H2,16,17,18)/t14-/m1/s1. The first-order valence-corrected chi connectivity index (χ1v) is 6.86. The van der Waals surface area contributed by atoms with Crippen LogP contribution in [-0.4, -0.2) is 12.1 Å². The number of amides is 2. The Labute approximate surface area is 108 Å². The van der Waals surface area contributed by atoms with E-state index in [-0.39, 0.29) is 12.1 Å². The number of carbonyl (C=O) groups is 1. The molecule has 2 N–H and O–H groups in total. The smallest absolute Gasteiger partial charge is 0.315 e. The monoisotopic (exact) mass is 244 g/mol. The number of nitrogens with one attached hydrogen (secondary N) is 2. The minimum absolute atomic E-state index is 0.00465. The number of aryl methyl sites for hydroxylation is 1. The molecule has 0 heterocycles.